The average molecular weight is 492 g/mol. The molecule has 1 heterocycles. The molecule has 8 nitrogen and oxygen atoms in total. The molecule has 3 aromatic carbocycles. The molecule has 2 N–H and O–H groups in total. The summed E-state index contributed by atoms with van der Waals surface area (Å²) in [5.41, 5.74) is -2.05. The molecule has 3 aromatic rings. The average Bonchev–Trinajstić information content (AvgIpc) is 3.30. The van der Waals surface area contributed by atoms with Gasteiger partial charge in [0.25, 0.3) is 5.91 Å². The fourth-order valence-electron chi connectivity index (χ4n) is 5.93. The number of aliphatic hydroxyl groups is 2. The molecule has 1 amide bonds. The lowest BCUT2D eigenvalue weighted by Crippen LogP contribution is -2.52. The number of hydroxylamine groups is 2. The number of amides is 1. The molecular weight excluding hydrogens is 462 g/mol. The van der Waals surface area contributed by atoms with Gasteiger partial charge in [-0.15, -0.1) is 0 Å². The molecule has 0 radical (unpaired) electrons. The number of aliphatic hydroxyl groups excluding tert-OH is 1. The minimum atomic E-state index is -2.06. The Bertz CT molecular complexity index is 1270. The number of benzene rings is 3. The van der Waals surface area contributed by atoms with Gasteiger partial charge in [-0.3, -0.25) is 9.63 Å². The molecule has 0 unspecified atom stereocenters. The molecule has 188 valence electrons. The molecule has 0 bridgehead atoms. The molecule has 5 rings (SSSR count). The van der Waals surface area contributed by atoms with Gasteiger partial charge in [0.1, 0.15) is 23.4 Å². The van der Waals surface area contributed by atoms with Crippen molar-refractivity contribution < 1.29 is 34.1 Å². The maximum Gasteiger partial charge on any atom is 0.252 e. The molecule has 5 atom stereocenters. The van der Waals surface area contributed by atoms with Crippen molar-refractivity contribution in [2.75, 3.05) is 28.4 Å². The first-order chi connectivity index (χ1) is 17.3. The van der Waals surface area contributed by atoms with Crippen molar-refractivity contribution in [2.24, 2.45) is 5.92 Å². The third-order valence-corrected chi connectivity index (χ3v) is 7.51. The zero-order valence-electron chi connectivity index (χ0n) is 20.5. The fourth-order valence-corrected chi connectivity index (χ4v) is 5.93. The summed E-state index contributed by atoms with van der Waals surface area (Å²) >= 11 is 0. The third kappa shape index (κ3) is 3.08. The van der Waals surface area contributed by atoms with Crippen LogP contribution in [0.4, 0.5) is 0 Å². The summed E-state index contributed by atoms with van der Waals surface area (Å²) in [7, 11) is 5.85. The van der Waals surface area contributed by atoms with Crippen LogP contribution in [-0.2, 0) is 20.8 Å². The highest BCUT2D eigenvalue weighted by atomic mass is 16.7. The van der Waals surface area contributed by atoms with Crippen LogP contribution >= 0.6 is 0 Å². The first-order valence-electron chi connectivity index (χ1n) is 11.6. The molecule has 1 aliphatic carbocycles. The van der Waals surface area contributed by atoms with Gasteiger partial charge in [0.15, 0.2) is 11.2 Å². The molecule has 8 heteroatoms. The van der Waals surface area contributed by atoms with Gasteiger partial charge in [0.05, 0.1) is 32.8 Å². The molecule has 1 saturated carbocycles. The van der Waals surface area contributed by atoms with Gasteiger partial charge in [-0.05, 0) is 11.1 Å². The highest BCUT2D eigenvalue weighted by molar-refractivity contribution is 5.82. The number of fused-ring (bicyclic) bond motifs is 3. The van der Waals surface area contributed by atoms with Crippen molar-refractivity contribution in [2.45, 2.75) is 23.2 Å². The summed E-state index contributed by atoms with van der Waals surface area (Å²) in [6.45, 7) is 0. The molecule has 2 aliphatic rings. The molecular formula is C28H29NO7. The Morgan fingerprint density at radius 2 is 1.61 bits per heavy atom. The minimum absolute atomic E-state index is 0.262. The van der Waals surface area contributed by atoms with Crippen LogP contribution in [0.15, 0.2) is 72.8 Å². The topological polar surface area (TPSA) is 97.7 Å². The van der Waals surface area contributed by atoms with E-state index in [2.05, 4.69) is 0 Å². The number of methoxy groups -OCH3 is 2. The van der Waals surface area contributed by atoms with E-state index in [0.717, 1.165) is 10.6 Å². The van der Waals surface area contributed by atoms with E-state index in [-0.39, 0.29) is 11.3 Å². The largest absolute Gasteiger partial charge is 0.496 e. The van der Waals surface area contributed by atoms with Crippen LogP contribution in [0.2, 0.25) is 0 Å². The van der Waals surface area contributed by atoms with E-state index >= 15 is 0 Å². The van der Waals surface area contributed by atoms with Gasteiger partial charge in [0, 0.05) is 25.1 Å². The Balaban J connectivity index is 1.88. The zero-order valence-corrected chi connectivity index (χ0v) is 20.5. The normalized spacial score (nSPS) is 28.1. The Morgan fingerprint density at radius 3 is 2.19 bits per heavy atom. The predicted molar refractivity (Wildman–Crippen MR) is 131 cm³/mol. The van der Waals surface area contributed by atoms with E-state index in [1.54, 1.807) is 12.1 Å². The Kier molecular flexibility index (Phi) is 5.90. The Labute approximate surface area is 209 Å². The zero-order chi connectivity index (χ0) is 25.7. The summed E-state index contributed by atoms with van der Waals surface area (Å²) < 4.78 is 17.8. The van der Waals surface area contributed by atoms with E-state index in [0.29, 0.717) is 17.1 Å². The van der Waals surface area contributed by atoms with Crippen LogP contribution in [0.3, 0.4) is 0 Å². The van der Waals surface area contributed by atoms with Crippen LogP contribution in [0.1, 0.15) is 22.6 Å². The maximum absolute atomic E-state index is 13.7. The Hall–Kier alpha value is -3.59. The van der Waals surface area contributed by atoms with Gasteiger partial charge in [-0.2, -0.15) is 0 Å². The number of hydrogen-bond donors (Lipinski definition) is 2. The molecule has 1 fully saturated rings. The molecule has 36 heavy (non-hydrogen) atoms. The monoisotopic (exact) mass is 491 g/mol. The standard InChI is InChI=1S/C28H29NO7/c1-29(35-4)26(31)22-23(17-11-7-5-8-12-17)28(18-13-9-6-10-14-18)27(32,25(22)30)24-20(34-3)15-19(33-2)16-21(24)36-28/h5-16,22-23,25,30,32H,1-4H3/t22-,23-,25-,27+,28+/m1/s1. The summed E-state index contributed by atoms with van der Waals surface area (Å²) in [5.74, 6) is -1.34. The van der Waals surface area contributed by atoms with Crippen LogP contribution in [0, 0.1) is 5.92 Å². The second-order valence-corrected chi connectivity index (χ2v) is 9.05. The number of carbonyl (C=O) groups is 1. The summed E-state index contributed by atoms with van der Waals surface area (Å²) in [6, 6.07) is 21.8. The van der Waals surface area contributed by atoms with Gasteiger partial charge >= 0.3 is 0 Å². The van der Waals surface area contributed by atoms with Crippen molar-refractivity contribution >= 4 is 5.91 Å². The second kappa shape index (κ2) is 8.81. The van der Waals surface area contributed by atoms with Gasteiger partial charge in [0.2, 0.25) is 0 Å². The quantitative estimate of drug-likeness (QED) is 0.512. The van der Waals surface area contributed by atoms with E-state index in [1.165, 1.54) is 28.4 Å². The lowest BCUT2D eigenvalue weighted by atomic mass is 9.70. The van der Waals surface area contributed by atoms with Gasteiger partial charge < -0.3 is 24.4 Å². The van der Waals surface area contributed by atoms with E-state index in [1.807, 2.05) is 60.7 Å². The predicted octanol–water partition coefficient (Wildman–Crippen LogP) is 2.97. The number of ether oxygens (including phenoxy) is 3. The van der Waals surface area contributed by atoms with Crippen molar-refractivity contribution in [1.82, 2.24) is 5.06 Å². The first kappa shape index (κ1) is 24.1. The number of hydrogen-bond acceptors (Lipinski definition) is 7. The Morgan fingerprint density at radius 1 is 0.972 bits per heavy atom. The van der Waals surface area contributed by atoms with E-state index in [9.17, 15) is 15.0 Å². The third-order valence-electron chi connectivity index (χ3n) is 7.51. The highest BCUT2D eigenvalue weighted by Crippen LogP contribution is 2.70. The van der Waals surface area contributed by atoms with Crippen LogP contribution in [0.5, 0.6) is 17.2 Å². The fraction of sp³-hybridized carbons (Fsp3) is 0.321. The summed E-state index contributed by atoms with van der Waals surface area (Å²) in [5, 5.41) is 25.8. The van der Waals surface area contributed by atoms with Crippen LogP contribution in [0.25, 0.3) is 0 Å². The van der Waals surface area contributed by atoms with E-state index in [4.69, 9.17) is 19.0 Å². The van der Waals surface area contributed by atoms with Gasteiger partial charge in [-0.1, -0.05) is 60.7 Å². The van der Waals surface area contributed by atoms with Crippen molar-refractivity contribution in [1.29, 1.82) is 0 Å². The van der Waals surface area contributed by atoms with Crippen molar-refractivity contribution in [3.63, 3.8) is 0 Å². The first-order valence-corrected chi connectivity index (χ1v) is 11.6. The lowest BCUT2D eigenvalue weighted by molar-refractivity contribution is -0.181. The van der Waals surface area contributed by atoms with Crippen LogP contribution in [-0.4, -0.2) is 55.7 Å². The molecule has 1 aliphatic heterocycles. The summed E-state index contributed by atoms with van der Waals surface area (Å²) in [6.07, 6.45) is -1.57. The van der Waals surface area contributed by atoms with Gasteiger partial charge in [-0.25, -0.2) is 5.06 Å². The summed E-state index contributed by atoms with van der Waals surface area (Å²) in [4.78, 5) is 18.9. The number of rotatable bonds is 6. The van der Waals surface area contributed by atoms with Crippen LogP contribution < -0.4 is 14.2 Å². The smallest absolute Gasteiger partial charge is 0.252 e. The lowest BCUT2D eigenvalue weighted by Gasteiger charge is -2.40. The maximum atomic E-state index is 13.7. The second-order valence-electron chi connectivity index (χ2n) is 9.05. The molecule has 0 saturated heterocycles. The SMILES string of the molecule is COc1cc(OC)c2c(c1)O[C@@]1(c3ccccc3)[C@H](c3ccccc3)[C@@H](C(=O)N(C)OC)[C@@H](O)[C@@]21O. The van der Waals surface area contributed by atoms with E-state index < -0.39 is 35.0 Å². The molecule has 0 spiro atoms. The molecule has 0 aromatic heterocycles. The number of carbonyl (C=O) groups excluding carboxylic acids is 1. The number of nitrogens with zero attached hydrogens (tertiary/aromatic N) is 1. The van der Waals surface area contributed by atoms with Crippen molar-refractivity contribution in [3.05, 3.63) is 89.5 Å². The van der Waals surface area contributed by atoms with Crippen molar-refractivity contribution in [3.8, 4) is 17.2 Å². The minimum Gasteiger partial charge on any atom is -0.496 e. The highest BCUT2D eigenvalue weighted by Gasteiger charge is 2.78.